The van der Waals surface area contributed by atoms with Gasteiger partial charge >= 0.3 is 0 Å². The van der Waals surface area contributed by atoms with E-state index in [-0.39, 0.29) is 12.0 Å². The Hall–Kier alpha value is -1.33. The Kier molecular flexibility index (Phi) is 4.16. The Morgan fingerprint density at radius 3 is 2.87 bits per heavy atom. The fourth-order valence-electron chi connectivity index (χ4n) is 3.59. The third-order valence-electron chi connectivity index (χ3n) is 5.15. The van der Waals surface area contributed by atoms with Gasteiger partial charge in [-0.1, -0.05) is 0 Å². The van der Waals surface area contributed by atoms with Gasteiger partial charge in [-0.15, -0.1) is 0 Å². The number of hydrogen-bond acceptors (Lipinski definition) is 3. The van der Waals surface area contributed by atoms with Crippen LogP contribution in [0.5, 0.6) is 0 Å². The van der Waals surface area contributed by atoms with Crippen LogP contribution >= 0.6 is 0 Å². The van der Waals surface area contributed by atoms with Crippen molar-refractivity contribution in [3.8, 4) is 0 Å². The molecule has 2 heterocycles. The number of ether oxygens (including phenoxy) is 1. The van der Waals surface area contributed by atoms with Crippen molar-refractivity contribution in [3.63, 3.8) is 0 Å². The molecule has 3 fully saturated rings. The minimum absolute atomic E-state index is 0.140. The van der Waals surface area contributed by atoms with E-state index in [1.54, 1.807) is 0 Å². The maximum Gasteiger partial charge on any atom is 0.270 e. The zero-order valence-corrected chi connectivity index (χ0v) is 14.0. The first-order chi connectivity index (χ1) is 11.2. The zero-order valence-electron chi connectivity index (χ0n) is 14.0. The van der Waals surface area contributed by atoms with E-state index in [4.69, 9.17) is 4.74 Å². The first-order valence-corrected chi connectivity index (χ1v) is 8.97. The van der Waals surface area contributed by atoms with Gasteiger partial charge in [-0.25, -0.2) is 0 Å². The summed E-state index contributed by atoms with van der Waals surface area (Å²) in [5.74, 6) is 1.06. The molecule has 0 radical (unpaired) electrons. The molecule has 0 spiro atoms. The number of hydrogen-bond donors (Lipinski definition) is 0. The highest BCUT2D eigenvalue weighted by molar-refractivity contribution is 5.93. The monoisotopic (exact) mass is 317 g/mol. The quantitative estimate of drug-likeness (QED) is 0.805. The van der Waals surface area contributed by atoms with E-state index in [2.05, 4.69) is 16.5 Å². The van der Waals surface area contributed by atoms with Gasteiger partial charge in [0.05, 0.1) is 12.7 Å². The van der Waals surface area contributed by atoms with Crippen LogP contribution in [0.4, 0.5) is 0 Å². The van der Waals surface area contributed by atoms with Crippen molar-refractivity contribution in [2.45, 2.75) is 37.8 Å². The van der Waals surface area contributed by atoms with Gasteiger partial charge in [0.15, 0.2) is 0 Å². The van der Waals surface area contributed by atoms with E-state index in [1.165, 1.54) is 32.2 Å². The zero-order chi connectivity index (χ0) is 15.8. The molecule has 0 aromatic carbocycles. The van der Waals surface area contributed by atoms with Crippen molar-refractivity contribution >= 4 is 5.91 Å². The molecule has 1 amide bonds. The van der Waals surface area contributed by atoms with E-state index < -0.39 is 0 Å². The van der Waals surface area contributed by atoms with Crippen LogP contribution in [0, 0.1) is 5.92 Å². The summed E-state index contributed by atoms with van der Waals surface area (Å²) < 4.78 is 8.05. The molecular weight excluding hydrogens is 290 g/mol. The van der Waals surface area contributed by atoms with Gasteiger partial charge in [0.2, 0.25) is 0 Å². The lowest BCUT2D eigenvalue weighted by atomic mass is 10.2. The minimum Gasteiger partial charge on any atom is -0.373 e. The van der Waals surface area contributed by atoms with Crippen molar-refractivity contribution in [3.05, 3.63) is 24.0 Å². The number of carbonyl (C=O) groups is 1. The predicted octanol–water partition coefficient (Wildman–Crippen LogP) is 2.01. The summed E-state index contributed by atoms with van der Waals surface area (Å²) in [7, 11) is 2.17. The third-order valence-corrected chi connectivity index (χ3v) is 5.15. The lowest BCUT2D eigenvalue weighted by Crippen LogP contribution is -2.49. The van der Waals surface area contributed by atoms with Crippen molar-refractivity contribution < 1.29 is 9.53 Å². The number of carbonyl (C=O) groups excluding carboxylic acids is 1. The molecule has 0 N–H and O–H groups in total. The molecule has 1 aliphatic heterocycles. The van der Waals surface area contributed by atoms with Crippen LogP contribution in [-0.4, -0.2) is 66.2 Å². The molecule has 1 unspecified atom stereocenters. The normalized spacial score (nSPS) is 25.1. The molecule has 5 heteroatoms. The summed E-state index contributed by atoms with van der Waals surface area (Å²) in [6, 6.07) is 4.50. The van der Waals surface area contributed by atoms with Gasteiger partial charge in [0.1, 0.15) is 5.69 Å². The van der Waals surface area contributed by atoms with E-state index in [0.717, 1.165) is 18.2 Å². The SMILES string of the molecule is CN(CC1CC1)CC1CN(C(=O)c2cccn2C2CC2)CCO1. The summed E-state index contributed by atoms with van der Waals surface area (Å²) in [5, 5.41) is 0. The second-order valence-corrected chi connectivity index (χ2v) is 7.44. The molecular formula is C18H27N3O2. The van der Waals surface area contributed by atoms with Gasteiger partial charge < -0.3 is 19.1 Å². The molecule has 1 aromatic heterocycles. The van der Waals surface area contributed by atoms with Crippen LogP contribution in [0.15, 0.2) is 18.3 Å². The second-order valence-electron chi connectivity index (χ2n) is 7.44. The number of rotatable bonds is 6. The van der Waals surface area contributed by atoms with E-state index in [9.17, 15) is 4.79 Å². The summed E-state index contributed by atoms with van der Waals surface area (Å²) in [6.07, 6.45) is 7.34. The number of aromatic nitrogens is 1. The minimum atomic E-state index is 0.140. The fourth-order valence-corrected chi connectivity index (χ4v) is 3.59. The molecule has 3 aliphatic rings. The van der Waals surface area contributed by atoms with Crippen LogP contribution in [0.3, 0.4) is 0 Å². The van der Waals surface area contributed by atoms with Crippen LogP contribution in [0.1, 0.15) is 42.2 Å². The Balaban J connectivity index is 1.36. The molecule has 1 aromatic rings. The largest absolute Gasteiger partial charge is 0.373 e. The second kappa shape index (κ2) is 6.29. The first kappa shape index (κ1) is 15.2. The molecule has 1 atom stereocenters. The maximum atomic E-state index is 12.9. The topological polar surface area (TPSA) is 37.7 Å². The molecule has 126 valence electrons. The molecule has 2 aliphatic carbocycles. The van der Waals surface area contributed by atoms with E-state index in [1.807, 2.05) is 23.2 Å². The molecule has 2 saturated carbocycles. The number of nitrogens with zero attached hydrogens (tertiary/aromatic N) is 3. The average Bonchev–Trinajstić information content (AvgIpc) is 3.48. The highest BCUT2D eigenvalue weighted by Gasteiger charge is 2.31. The summed E-state index contributed by atoms with van der Waals surface area (Å²) in [5.41, 5.74) is 0.847. The maximum absolute atomic E-state index is 12.9. The van der Waals surface area contributed by atoms with E-state index in [0.29, 0.717) is 25.7 Å². The Labute approximate surface area is 138 Å². The average molecular weight is 317 g/mol. The fraction of sp³-hybridized carbons (Fsp3) is 0.722. The summed E-state index contributed by atoms with van der Waals surface area (Å²) in [4.78, 5) is 17.2. The van der Waals surface area contributed by atoms with Crippen molar-refractivity contribution in [1.82, 2.24) is 14.4 Å². The lowest BCUT2D eigenvalue weighted by Gasteiger charge is -2.35. The molecule has 0 bridgehead atoms. The smallest absolute Gasteiger partial charge is 0.270 e. The van der Waals surface area contributed by atoms with Crippen LogP contribution in [0.25, 0.3) is 0 Å². The van der Waals surface area contributed by atoms with Gasteiger partial charge in [-0.05, 0) is 50.8 Å². The predicted molar refractivity (Wildman–Crippen MR) is 88.6 cm³/mol. The van der Waals surface area contributed by atoms with Crippen molar-refractivity contribution in [1.29, 1.82) is 0 Å². The van der Waals surface area contributed by atoms with E-state index >= 15 is 0 Å². The van der Waals surface area contributed by atoms with Crippen molar-refractivity contribution in [2.24, 2.45) is 5.92 Å². The van der Waals surface area contributed by atoms with Crippen LogP contribution < -0.4 is 0 Å². The van der Waals surface area contributed by atoms with Gasteiger partial charge in [-0.3, -0.25) is 4.79 Å². The standard InChI is InChI=1S/C18H27N3O2/c1-19(11-14-4-5-14)12-16-13-20(9-10-23-16)18(22)17-3-2-8-21(17)15-6-7-15/h2-3,8,14-16H,4-7,9-13H2,1H3. The molecule has 1 saturated heterocycles. The highest BCUT2D eigenvalue weighted by Crippen LogP contribution is 2.36. The van der Waals surface area contributed by atoms with Gasteiger partial charge in [0, 0.05) is 38.4 Å². The summed E-state index contributed by atoms with van der Waals surface area (Å²) >= 11 is 0. The summed E-state index contributed by atoms with van der Waals surface area (Å²) in [6.45, 7) is 4.15. The number of amides is 1. The lowest BCUT2D eigenvalue weighted by molar-refractivity contribution is -0.0336. The van der Waals surface area contributed by atoms with Crippen LogP contribution in [0.2, 0.25) is 0 Å². The molecule has 4 rings (SSSR count). The third kappa shape index (κ3) is 3.61. The van der Waals surface area contributed by atoms with Gasteiger partial charge in [0.25, 0.3) is 5.91 Å². The molecule has 5 nitrogen and oxygen atoms in total. The Morgan fingerprint density at radius 1 is 1.30 bits per heavy atom. The Morgan fingerprint density at radius 2 is 2.13 bits per heavy atom. The van der Waals surface area contributed by atoms with Gasteiger partial charge in [-0.2, -0.15) is 0 Å². The number of likely N-dealkylation sites (N-methyl/N-ethyl adjacent to an activating group) is 1. The molecule has 23 heavy (non-hydrogen) atoms. The highest BCUT2D eigenvalue weighted by atomic mass is 16.5. The first-order valence-electron chi connectivity index (χ1n) is 8.97. The Bertz CT molecular complexity index is 562. The number of morpholine rings is 1. The van der Waals surface area contributed by atoms with Crippen molar-refractivity contribution in [2.75, 3.05) is 39.8 Å². The van der Waals surface area contributed by atoms with Crippen LogP contribution in [-0.2, 0) is 4.74 Å².